The van der Waals surface area contributed by atoms with Gasteiger partial charge in [-0.1, -0.05) is 57.6 Å². The molecule has 2 fully saturated rings. The molecule has 0 spiro atoms. The van der Waals surface area contributed by atoms with Crippen molar-refractivity contribution in [2.24, 2.45) is 17.8 Å². The number of hydrogen-bond acceptors (Lipinski definition) is 1. The van der Waals surface area contributed by atoms with E-state index in [1.807, 2.05) is 0 Å². The van der Waals surface area contributed by atoms with E-state index in [4.69, 9.17) is 0 Å². The Bertz CT molecular complexity index is 1010. The Morgan fingerprint density at radius 2 is 1.50 bits per heavy atom. The standard InChI is InChI=1S/C29H34F6O/c1-2-3-4-5-6-18-7-8-20-14-21(10-9-19(20)13-18)22-11-12-24(25(30)15-22)23-16-26(31)28(27(32)17-23)36-29(33,34)35/h11-12,15-21H,2-10,13-14H2,1H3/t18?,19-,20-,21-/m1/s1. The number of halogens is 6. The Morgan fingerprint density at radius 1 is 0.806 bits per heavy atom. The van der Waals surface area contributed by atoms with Crippen LogP contribution in [0.15, 0.2) is 30.3 Å². The predicted octanol–water partition coefficient (Wildman–Crippen LogP) is 9.94. The number of ether oxygens (including phenoxy) is 1. The zero-order valence-electron chi connectivity index (χ0n) is 20.7. The van der Waals surface area contributed by atoms with Crippen molar-refractivity contribution in [1.82, 2.24) is 0 Å². The molecule has 0 saturated heterocycles. The van der Waals surface area contributed by atoms with Crippen LogP contribution in [0.1, 0.15) is 89.0 Å². The molecule has 0 heterocycles. The third kappa shape index (κ3) is 6.57. The van der Waals surface area contributed by atoms with E-state index < -0.39 is 29.6 Å². The lowest BCUT2D eigenvalue weighted by Gasteiger charge is -2.42. The van der Waals surface area contributed by atoms with E-state index in [0.717, 1.165) is 36.7 Å². The maximum absolute atomic E-state index is 15.0. The van der Waals surface area contributed by atoms with Crippen molar-refractivity contribution >= 4 is 0 Å². The second-order valence-electron chi connectivity index (χ2n) is 10.6. The molecule has 7 heteroatoms. The lowest BCUT2D eigenvalue weighted by molar-refractivity contribution is -0.276. The van der Waals surface area contributed by atoms with Gasteiger partial charge in [0.15, 0.2) is 11.6 Å². The molecule has 2 saturated carbocycles. The molecule has 1 nitrogen and oxygen atoms in total. The minimum absolute atomic E-state index is 0.0626. The minimum atomic E-state index is -5.23. The van der Waals surface area contributed by atoms with Gasteiger partial charge in [-0.25, -0.2) is 13.2 Å². The van der Waals surface area contributed by atoms with Crippen molar-refractivity contribution < 1.29 is 31.1 Å². The molecule has 0 amide bonds. The smallest absolute Gasteiger partial charge is 0.399 e. The van der Waals surface area contributed by atoms with Gasteiger partial charge in [-0.3, -0.25) is 0 Å². The van der Waals surface area contributed by atoms with E-state index in [9.17, 15) is 22.0 Å². The van der Waals surface area contributed by atoms with E-state index in [2.05, 4.69) is 11.7 Å². The predicted molar refractivity (Wildman–Crippen MR) is 128 cm³/mol. The summed E-state index contributed by atoms with van der Waals surface area (Å²) in [6.07, 6.45) is 8.31. The van der Waals surface area contributed by atoms with Gasteiger partial charge in [-0.15, -0.1) is 13.2 Å². The normalized spacial score (nSPS) is 24.4. The summed E-state index contributed by atoms with van der Waals surface area (Å²) >= 11 is 0. The molecule has 2 aromatic rings. The van der Waals surface area contributed by atoms with Crippen LogP contribution in [-0.4, -0.2) is 6.36 Å². The fourth-order valence-corrected chi connectivity index (χ4v) is 6.36. The van der Waals surface area contributed by atoms with Crippen molar-refractivity contribution in [3.63, 3.8) is 0 Å². The molecule has 0 aromatic heterocycles. The van der Waals surface area contributed by atoms with Crippen molar-refractivity contribution in [3.8, 4) is 16.9 Å². The zero-order chi connectivity index (χ0) is 25.9. The Balaban J connectivity index is 1.40. The summed E-state index contributed by atoms with van der Waals surface area (Å²) in [5.74, 6) is -2.78. The molecule has 2 aromatic carbocycles. The van der Waals surface area contributed by atoms with Gasteiger partial charge in [0.05, 0.1) is 0 Å². The van der Waals surface area contributed by atoms with E-state index in [1.54, 1.807) is 6.07 Å². The van der Waals surface area contributed by atoms with Crippen molar-refractivity contribution in [2.45, 2.75) is 89.8 Å². The first kappa shape index (κ1) is 26.9. The van der Waals surface area contributed by atoms with Gasteiger partial charge < -0.3 is 4.74 Å². The summed E-state index contributed by atoms with van der Waals surface area (Å²) in [6.45, 7) is 2.23. The molecule has 0 radical (unpaired) electrons. The van der Waals surface area contributed by atoms with Crippen LogP contribution in [-0.2, 0) is 0 Å². The monoisotopic (exact) mass is 512 g/mol. The lowest BCUT2D eigenvalue weighted by atomic mass is 9.63. The quantitative estimate of drug-likeness (QED) is 0.253. The van der Waals surface area contributed by atoms with Gasteiger partial charge >= 0.3 is 6.36 Å². The Labute approximate surface area is 209 Å². The summed E-state index contributed by atoms with van der Waals surface area (Å²) in [5.41, 5.74) is 0.631. The lowest BCUT2D eigenvalue weighted by Crippen LogP contribution is -2.30. The number of alkyl halides is 3. The Morgan fingerprint density at radius 3 is 2.17 bits per heavy atom. The molecule has 0 N–H and O–H groups in total. The third-order valence-electron chi connectivity index (χ3n) is 8.18. The van der Waals surface area contributed by atoms with Crippen LogP contribution in [0.2, 0.25) is 0 Å². The maximum Gasteiger partial charge on any atom is 0.573 e. The molecule has 1 unspecified atom stereocenters. The van der Waals surface area contributed by atoms with E-state index in [-0.39, 0.29) is 17.0 Å². The minimum Gasteiger partial charge on any atom is -0.399 e. The van der Waals surface area contributed by atoms with E-state index in [1.165, 1.54) is 63.5 Å². The highest BCUT2D eigenvalue weighted by Gasteiger charge is 2.36. The first-order valence-corrected chi connectivity index (χ1v) is 13.2. The average molecular weight is 513 g/mol. The van der Waals surface area contributed by atoms with Gasteiger partial charge in [0.2, 0.25) is 5.75 Å². The highest BCUT2D eigenvalue weighted by atomic mass is 19.4. The molecule has 36 heavy (non-hydrogen) atoms. The van der Waals surface area contributed by atoms with Crippen molar-refractivity contribution in [1.29, 1.82) is 0 Å². The van der Waals surface area contributed by atoms with Crippen LogP contribution in [0.3, 0.4) is 0 Å². The summed E-state index contributed by atoms with van der Waals surface area (Å²) in [5, 5.41) is 0. The molecule has 0 bridgehead atoms. The number of fused-ring (bicyclic) bond motifs is 1. The van der Waals surface area contributed by atoms with Gasteiger partial charge in [-0.2, -0.15) is 0 Å². The molecular formula is C29H34F6O. The molecule has 198 valence electrons. The SMILES string of the molecule is CCCCCCC1CC[C@@H]2C[C@H](c3ccc(-c4cc(F)c(OC(F)(F)F)c(F)c4)c(F)c3)CC[C@@H]2C1. The Hall–Kier alpha value is -2.18. The number of hydrogen-bond donors (Lipinski definition) is 0. The fourth-order valence-electron chi connectivity index (χ4n) is 6.36. The highest BCUT2D eigenvalue weighted by molar-refractivity contribution is 5.66. The summed E-state index contributed by atoms with van der Waals surface area (Å²) in [6, 6.07) is 5.97. The van der Waals surface area contributed by atoms with Crippen LogP contribution in [0, 0.1) is 35.2 Å². The summed E-state index contributed by atoms with van der Waals surface area (Å²) in [7, 11) is 0. The molecule has 4 atom stereocenters. The van der Waals surface area contributed by atoms with Gasteiger partial charge in [0.1, 0.15) is 5.82 Å². The number of rotatable bonds is 8. The third-order valence-corrected chi connectivity index (χ3v) is 8.18. The summed E-state index contributed by atoms with van der Waals surface area (Å²) in [4.78, 5) is 0. The number of unbranched alkanes of at least 4 members (excludes halogenated alkanes) is 3. The van der Waals surface area contributed by atoms with Gasteiger partial charge in [0, 0.05) is 5.56 Å². The average Bonchev–Trinajstić information content (AvgIpc) is 2.83. The van der Waals surface area contributed by atoms with Crippen LogP contribution in [0.5, 0.6) is 5.75 Å². The largest absolute Gasteiger partial charge is 0.573 e. The van der Waals surface area contributed by atoms with Gasteiger partial charge in [0.25, 0.3) is 0 Å². The first-order chi connectivity index (χ1) is 17.1. The van der Waals surface area contributed by atoms with Crippen LogP contribution < -0.4 is 4.74 Å². The highest BCUT2D eigenvalue weighted by Crippen LogP contribution is 2.48. The number of benzene rings is 2. The van der Waals surface area contributed by atoms with Crippen molar-refractivity contribution in [2.75, 3.05) is 0 Å². The van der Waals surface area contributed by atoms with E-state index in [0.29, 0.717) is 18.1 Å². The topological polar surface area (TPSA) is 9.23 Å². The van der Waals surface area contributed by atoms with Gasteiger partial charge in [-0.05, 0) is 85.1 Å². The van der Waals surface area contributed by atoms with Crippen LogP contribution in [0.25, 0.3) is 11.1 Å². The summed E-state index contributed by atoms with van der Waals surface area (Å²) < 4.78 is 83.9. The van der Waals surface area contributed by atoms with Crippen molar-refractivity contribution in [3.05, 3.63) is 53.3 Å². The van der Waals surface area contributed by atoms with Crippen LogP contribution in [0.4, 0.5) is 26.3 Å². The zero-order valence-corrected chi connectivity index (χ0v) is 20.7. The molecule has 0 aliphatic heterocycles. The first-order valence-electron chi connectivity index (χ1n) is 13.2. The fraction of sp³-hybridized carbons (Fsp3) is 0.586. The maximum atomic E-state index is 15.0. The molecule has 2 aliphatic carbocycles. The second-order valence-corrected chi connectivity index (χ2v) is 10.6. The molecule has 2 aliphatic rings. The van der Waals surface area contributed by atoms with Crippen LogP contribution >= 0.6 is 0 Å². The Kier molecular flexibility index (Phi) is 8.56. The molecule has 4 rings (SSSR count). The van der Waals surface area contributed by atoms with E-state index >= 15 is 4.39 Å². The molecular weight excluding hydrogens is 478 g/mol. The second kappa shape index (κ2) is 11.5.